The van der Waals surface area contributed by atoms with Crippen LogP contribution in [0, 0.1) is 0 Å². The zero-order valence-electron chi connectivity index (χ0n) is 13.0. The van der Waals surface area contributed by atoms with Crippen LogP contribution < -0.4 is 15.8 Å². The Morgan fingerprint density at radius 1 is 1.24 bits per heavy atom. The van der Waals surface area contributed by atoms with Crippen LogP contribution in [0.1, 0.15) is 5.56 Å². The highest BCUT2D eigenvalue weighted by Gasteiger charge is 2.22. The van der Waals surface area contributed by atoms with E-state index < -0.39 is 15.9 Å². The molecule has 3 rings (SSSR count). The first-order valence-corrected chi connectivity index (χ1v) is 9.78. The lowest BCUT2D eigenvalue weighted by atomic mass is 10.2. The fourth-order valence-electron chi connectivity index (χ4n) is 2.40. The van der Waals surface area contributed by atoms with Crippen molar-refractivity contribution in [2.24, 2.45) is 5.73 Å². The maximum absolute atomic E-state index is 12.7. The van der Waals surface area contributed by atoms with E-state index in [0.29, 0.717) is 21.8 Å². The van der Waals surface area contributed by atoms with Crippen molar-refractivity contribution in [3.05, 3.63) is 48.0 Å². The van der Waals surface area contributed by atoms with Gasteiger partial charge in [0.25, 0.3) is 10.0 Å². The summed E-state index contributed by atoms with van der Waals surface area (Å²) in [6.45, 7) is 0. The van der Waals surface area contributed by atoms with Gasteiger partial charge in [0.2, 0.25) is 11.8 Å². The molecule has 0 bridgehead atoms. The molecule has 130 valence electrons. The second kappa shape index (κ2) is 6.77. The van der Waals surface area contributed by atoms with Crippen molar-refractivity contribution in [3.8, 4) is 0 Å². The Bertz CT molecular complexity index is 958. The summed E-state index contributed by atoms with van der Waals surface area (Å²) in [5.74, 6) is -0.602. The highest BCUT2D eigenvalue weighted by molar-refractivity contribution is 8.00. The number of nitrogens with two attached hydrogens (primary N) is 1. The summed E-state index contributed by atoms with van der Waals surface area (Å²) in [5, 5.41) is 2.66. The van der Waals surface area contributed by atoms with Gasteiger partial charge < -0.3 is 11.1 Å². The third-order valence-corrected chi connectivity index (χ3v) is 5.97. The summed E-state index contributed by atoms with van der Waals surface area (Å²) in [7, 11) is -3.83. The Morgan fingerprint density at radius 2 is 2.00 bits per heavy atom. The van der Waals surface area contributed by atoms with Crippen LogP contribution in [0.2, 0.25) is 0 Å². The van der Waals surface area contributed by atoms with Crippen LogP contribution in [0.5, 0.6) is 0 Å². The van der Waals surface area contributed by atoms with Crippen LogP contribution in [-0.2, 0) is 26.0 Å². The molecule has 0 saturated heterocycles. The van der Waals surface area contributed by atoms with Crippen molar-refractivity contribution in [1.82, 2.24) is 0 Å². The monoisotopic (exact) mass is 377 g/mol. The molecule has 4 N–H and O–H groups in total. The standard InChI is InChI=1S/C16H15N3O4S2/c17-15(20)9-24-14-4-2-1-3-13(14)19-25(22,23)11-5-6-12-10(7-11)8-16(21)18-12/h1-7,19H,8-9H2,(H2,17,20)(H,18,21). The van der Waals surface area contributed by atoms with Gasteiger partial charge in [0.15, 0.2) is 0 Å². The number of sulfonamides is 1. The maximum atomic E-state index is 12.7. The van der Waals surface area contributed by atoms with Crippen molar-refractivity contribution in [1.29, 1.82) is 0 Å². The number of amides is 2. The highest BCUT2D eigenvalue weighted by Crippen LogP contribution is 2.30. The van der Waals surface area contributed by atoms with E-state index in [0.717, 1.165) is 11.8 Å². The second-order valence-corrected chi connectivity index (χ2v) is 8.10. The van der Waals surface area contributed by atoms with E-state index in [1.807, 2.05) is 0 Å². The van der Waals surface area contributed by atoms with Crippen LogP contribution in [0.15, 0.2) is 52.3 Å². The Morgan fingerprint density at radius 3 is 2.76 bits per heavy atom. The summed E-state index contributed by atoms with van der Waals surface area (Å²) in [6.07, 6.45) is 0.156. The van der Waals surface area contributed by atoms with Gasteiger partial charge in [-0.05, 0) is 35.9 Å². The Kier molecular flexibility index (Phi) is 4.69. The molecule has 9 heteroatoms. The van der Waals surface area contributed by atoms with Crippen LogP contribution in [-0.4, -0.2) is 26.0 Å². The Hall–Kier alpha value is -2.52. The molecule has 0 unspecified atom stereocenters. The van der Waals surface area contributed by atoms with Crippen LogP contribution in [0.3, 0.4) is 0 Å². The third kappa shape index (κ3) is 3.94. The van der Waals surface area contributed by atoms with E-state index in [1.54, 1.807) is 30.3 Å². The molecule has 2 amide bonds. The lowest BCUT2D eigenvalue weighted by molar-refractivity contribution is -0.116. The zero-order valence-corrected chi connectivity index (χ0v) is 14.6. The maximum Gasteiger partial charge on any atom is 0.261 e. The Balaban J connectivity index is 1.87. The van der Waals surface area contributed by atoms with Gasteiger partial charge in [0.1, 0.15) is 0 Å². The number of para-hydroxylation sites is 1. The molecule has 0 aromatic heterocycles. The molecule has 7 nitrogen and oxygen atoms in total. The molecular weight excluding hydrogens is 362 g/mol. The molecule has 0 atom stereocenters. The minimum atomic E-state index is -3.83. The van der Waals surface area contributed by atoms with Gasteiger partial charge in [0.05, 0.1) is 22.8 Å². The predicted molar refractivity (Wildman–Crippen MR) is 95.9 cm³/mol. The summed E-state index contributed by atoms with van der Waals surface area (Å²) in [6, 6.07) is 11.2. The van der Waals surface area contributed by atoms with Crippen molar-refractivity contribution in [2.75, 3.05) is 15.8 Å². The van der Waals surface area contributed by atoms with Gasteiger partial charge in [-0.15, -0.1) is 11.8 Å². The van der Waals surface area contributed by atoms with Gasteiger partial charge in [-0.25, -0.2) is 8.42 Å². The Labute approximate surface area is 149 Å². The quantitative estimate of drug-likeness (QED) is 0.660. The van der Waals surface area contributed by atoms with Gasteiger partial charge in [0, 0.05) is 10.6 Å². The second-order valence-electron chi connectivity index (χ2n) is 5.40. The van der Waals surface area contributed by atoms with E-state index in [9.17, 15) is 18.0 Å². The SMILES string of the molecule is NC(=O)CSc1ccccc1NS(=O)(=O)c1ccc2c(c1)CC(=O)N2. The summed E-state index contributed by atoms with van der Waals surface area (Å²) in [4.78, 5) is 23.0. The molecule has 1 aliphatic heterocycles. The summed E-state index contributed by atoms with van der Waals surface area (Å²) >= 11 is 1.16. The van der Waals surface area contributed by atoms with Crippen molar-refractivity contribution in [2.45, 2.75) is 16.2 Å². The van der Waals surface area contributed by atoms with Gasteiger partial charge >= 0.3 is 0 Å². The molecule has 25 heavy (non-hydrogen) atoms. The molecule has 0 aliphatic carbocycles. The van der Waals surface area contributed by atoms with E-state index >= 15 is 0 Å². The van der Waals surface area contributed by atoms with Crippen LogP contribution >= 0.6 is 11.8 Å². The molecular formula is C16H15N3O4S2. The first-order chi connectivity index (χ1) is 11.8. The van der Waals surface area contributed by atoms with Gasteiger partial charge in [-0.3, -0.25) is 14.3 Å². The number of rotatable bonds is 6. The average molecular weight is 377 g/mol. The van der Waals surface area contributed by atoms with E-state index in [1.165, 1.54) is 12.1 Å². The zero-order chi connectivity index (χ0) is 18.0. The average Bonchev–Trinajstić information content (AvgIpc) is 2.92. The van der Waals surface area contributed by atoms with E-state index in [-0.39, 0.29) is 23.0 Å². The number of anilines is 2. The molecule has 2 aromatic rings. The summed E-state index contributed by atoms with van der Waals surface area (Å²) in [5.41, 5.74) is 6.77. The van der Waals surface area contributed by atoms with E-state index in [4.69, 9.17) is 5.73 Å². The van der Waals surface area contributed by atoms with Crippen LogP contribution in [0.25, 0.3) is 0 Å². The van der Waals surface area contributed by atoms with E-state index in [2.05, 4.69) is 10.0 Å². The molecule has 1 heterocycles. The smallest absolute Gasteiger partial charge is 0.261 e. The number of hydrogen-bond donors (Lipinski definition) is 3. The summed E-state index contributed by atoms with van der Waals surface area (Å²) < 4.78 is 27.8. The molecule has 2 aromatic carbocycles. The molecule has 0 fully saturated rings. The molecule has 1 aliphatic rings. The normalized spacial score (nSPS) is 13.2. The van der Waals surface area contributed by atoms with Crippen molar-refractivity contribution >= 4 is 45.0 Å². The number of hydrogen-bond acceptors (Lipinski definition) is 5. The minimum absolute atomic E-state index is 0.0470. The minimum Gasteiger partial charge on any atom is -0.369 e. The van der Waals surface area contributed by atoms with Gasteiger partial charge in [-0.2, -0.15) is 0 Å². The number of fused-ring (bicyclic) bond motifs is 1. The third-order valence-electron chi connectivity index (χ3n) is 3.51. The molecule has 0 saturated carbocycles. The van der Waals surface area contributed by atoms with Crippen molar-refractivity contribution in [3.63, 3.8) is 0 Å². The lowest BCUT2D eigenvalue weighted by Crippen LogP contribution is -2.15. The van der Waals surface area contributed by atoms with Crippen molar-refractivity contribution < 1.29 is 18.0 Å². The highest BCUT2D eigenvalue weighted by atomic mass is 32.2. The fraction of sp³-hybridized carbons (Fsp3) is 0.125. The largest absolute Gasteiger partial charge is 0.369 e. The molecule has 0 radical (unpaired) electrons. The number of nitrogens with one attached hydrogen (secondary N) is 2. The number of benzene rings is 2. The number of carbonyl (C=O) groups excluding carboxylic acids is 2. The first-order valence-electron chi connectivity index (χ1n) is 7.31. The predicted octanol–water partition coefficient (Wildman–Crippen LogP) is 1.56. The first kappa shape index (κ1) is 17.3. The lowest BCUT2D eigenvalue weighted by Gasteiger charge is -2.12. The fourth-order valence-corrected chi connectivity index (χ4v) is 4.34. The van der Waals surface area contributed by atoms with Crippen LogP contribution in [0.4, 0.5) is 11.4 Å². The van der Waals surface area contributed by atoms with Gasteiger partial charge in [-0.1, -0.05) is 12.1 Å². The topological polar surface area (TPSA) is 118 Å². The molecule has 0 spiro atoms. The number of primary amides is 1. The number of thioether (sulfide) groups is 1. The number of carbonyl (C=O) groups is 2.